The zero-order valence-electron chi connectivity index (χ0n) is 11.2. The Hall–Kier alpha value is -1.39. The minimum Gasteiger partial charge on any atom is -0.508 e. The Bertz CT molecular complexity index is 568. The van der Waals surface area contributed by atoms with E-state index in [-0.39, 0.29) is 17.6 Å². The van der Waals surface area contributed by atoms with Gasteiger partial charge >= 0.3 is 0 Å². The average molecular weight is 338 g/mol. The maximum atomic E-state index is 13.5. The van der Waals surface area contributed by atoms with Gasteiger partial charge in [-0.05, 0) is 54.4 Å². The highest BCUT2D eigenvalue weighted by Crippen LogP contribution is 2.24. The van der Waals surface area contributed by atoms with Gasteiger partial charge < -0.3 is 10.4 Å². The van der Waals surface area contributed by atoms with Crippen molar-refractivity contribution >= 4 is 15.9 Å². The summed E-state index contributed by atoms with van der Waals surface area (Å²) in [4.78, 5) is 0. The van der Waals surface area contributed by atoms with Gasteiger partial charge in [-0.25, -0.2) is 4.39 Å². The topological polar surface area (TPSA) is 32.3 Å². The van der Waals surface area contributed by atoms with Crippen molar-refractivity contribution in [2.75, 3.05) is 6.54 Å². The molecule has 0 radical (unpaired) electrons. The number of rotatable bonds is 5. The van der Waals surface area contributed by atoms with Crippen molar-refractivity contribution in [2.24, 2.45) is 0 Å². The first kappa shape index (κ1) is 15.0. The van der Waals surface area contributed by atoms with E-state index in [2.05, 4.69) is 21.2 Å². The number of hydrogen-bond donors (Lipinski definition) is 2. The molecule has 0 aliphatic carbocycles. The molecule has 0 amide bonds. The third-order valence-corrected chi connectivity index (χ3v) is 3.55. The lowest BCUT2D eigenvalue weighted by Gasteiger charge is -2.19. The van der Waals surface area contributed by atoms with Crippen LogP contribution < -0.4 is 5.32 Å². The lowest BCUT2D eigenvalue weighted by molar-refractivity contribution is 0.473. The molecule has 0 heterocycles. The van der Waals surface area contributed by atoms with E-state index >= 15 is 0 Å². The molecule has 2 aromatic rings. The van der Waals surface area contributed by atoms with Gasteiger partial charge in [0.1, 0.15) is 11.6 Å². The largest absolute Gasteiger partial charge is 0.508 e. The molecule has 2 N–H and O–H groups in total. The second-order valence-corrected chi connectivity index (χ2v) is 5.60. The Morgan fingerprint density at radius 1 is 1.25 bits per heavy atom. The van der Waals surface area contributed by atoms with E-state index in [4.69, 9.17) is 0 Å². The first-order valence-electron chi connectivity index (χ1n) is 6.55. The summed E-state index contributed by atoms with van der Waals surface area (Å²) in [5, 5.41) is 12.9. The molecule has 0 fully saturated rings. The van der Waals surface area contributed by atoms with Gasteiger partial charge in [-0.2, -0.15) is 0 Å². The van der Waals surface area contributed by atoms with Crippen LogP contribution in [0.2, 0.25) is 0 Å². The number of halogens is 2. The molecule has 2 rings (SSSR count). The second-order valence-electron chi connectivity index (χ2n) is 4.69. The van der Waals surface area contributed by atoms with Crippen molar-refractivity contribution in [1.29, 1.82) is 0 Å². The van der Waals surface area contributed by atoms with Crippen LogP contribution in [0.3, 0.4) is 0 Å². The van der Waals surface area contributed by atoms with Crippen molar-refractivity contribution < 1.29 is 9.50 Å². The number of aromatic hydroxyl groups is 1. The number of nitrogens with one attached hydrogen (secondary N) is 1. The Balaban J connectivity index is 2.26. The highest BCUT2D eigenvalue weighted by molar-refractivity contribution is 9.10. The molecule has 20 heavy (non-hydrogen) atoms. The summed E-state index contributed by atoms with van der Waals surface area (Å²) in [5.74, 6) is -0.00800. The van der Waals surface area contributed by atoms with Gasteiger partial charge in [-0.1, -0.05) is 35.0 Å². The predicted octanol–water partition coefficient (Wildman–Crippen LogP) is 4.19. The molecule has 1 unspecified atom stereocenters. The lowest BCUT2D eigenvalue weighted by Crippen LogP contribution is -2.23. The van der Waals surface area contributed by atoms with Crippen LogP contribution in [0, 0.1) is 5.82 Å². The molecule has 4 heteroatoms. The standard InChI is InChI=1S/C16H17BrFNO/c1-2-19-16(7-11-4-3-5-15(20)6-11)12-8-13(17)10-14(18)9-12/h3-6,8-10,16,19-20H,2,7H2,1H3. The van der Waals surface area contributed by atoms with Gasteiger partial charge in [-0.15, -0.1) is 0 Å². The third-order valence-electron chi connectivity index (χ3n) is 3.09. The molecule has 0 aliphatic heterocycles. The van der Waals surface area contributed by atoms with E-state index in [1.165, 1.54) is 6.07 Å². The van der Waals surface area contributed by atoms with Gasteiger partial charge in [0, 0.05) is 10.5 Å². The Labute approximate surface area is 126 Å². The maximum Gasteiger partial charge on any atom is 0.124 e. The van der Waals surface area contributed by atoms with E-state index in [1.54, 1.807) is 18.2 Å². The summed E-state index contributed by atoms with van der Waals surface area (Å²) in [6.45, 7) is 2.81. The highest BCUT2D eigenvalue weighted by atomic mass is 79.9. The molecule has 0 saturated heterocycles. The Morgan fingerprint density at radius 2 is 2.05 bits per heavy atom. The zero-order valence-corrected chi connectivity index (χ0v) is 12.8. The fourth-order valence-electron chi connectivity index (χ4n) is 2.25. The highest BCUT2D eigenvalue weighted by Gasteiger charge is 2.13. The minimum atomic E-state index is -0.256. The van der Waals surface area contributed by atoms with Crippen LogP contribution >= 0.6 is 15.9 Å². The normalized spacial score (nSPS) is 12.3. The number of likely N-dealkylation sites (N-methyl/N-ethyl adjacent to an activating group) is 1. The van der Waals surface area contributed by atoms with Gasteiger partial charge in [0.05, 0.1) is 0 Å². The van der Waals surface area contributed by atoms with Crippen molar-refractivity contribution in [3.05, 3.63) is 63.9 Å². The van der Waals surface area contributed by atoms with Crippen LogP contribution in [-0.2, 0) is 6.42 Å². The number of benzene rings is 2. The van der Waals surface area contributed by atoms with E-state index in [0.29, 0.717) is 6.42 Å². The molecule has 0 saturated carbocycles. The molecule has 2 aromatic carbocycles. The summed E-state index contributed by atoms with van der Waals surface area (Å²) in [5.41, 5.74) is 1.90. The number of phenolic OH excluding ortho intramolecular Hbond substituents is 1. The number of hydrogen-bond acceptors (Lipinski definition) is 2. The Morgan fingerprint density at radius 3 is 2.70 bits per heavy atom. The first-order chi connectivity index (χ1) is 9.58. The van der Waals surface area contributed by atoms with Crippen LogP contribution in [0.15, 0.2) is 46.9 Å². The summed E-state index contributed by atoms with van der Waals surface area (Å²) in [6.07, 6.45) is 0.693. The van der Waals surface area contributed by atoms with E-state index in [0.717, 1.165) is 22.1 Å². The molecule has 0 spiro atoms. The van der Waals surface area contributed by atoms with Gasteiger partial charge in [0.15, 0.2) is 0 Å². The van der Waals surface area contributed by atoms with Crippen molar-refractivity contribution in [2.45, 2.75) is 19.4 Å². The quantitative estimate of drug-likeness (QED) is 0.857. The van der Waals surface area contributed by atoms with Crippen molar-refractivity contribution in [3.8, 4) is 5.75 Å². The lowest BCUT2D eigenvalue weighted by atomic mass is 9.98. The van der Waals surface area contributed by atoms with Crippen LogP contribution in [0.1, 0.15) is 24.1 Å². The second kappa shape index (κ2) is 6.86. The van der Waals surface area contributed by atoms with Gasteiger partial charge in [0.25, 0.3) is 0 Å². The SMILES string of the molecule is CCNC(Cc1cccc(O)c1)c1cc(F)cc(Br)c1. The van der Waals surface area contributed by atoms with E-state index in [1.807, 2.05) is 25.1 Å². The van der Waals surface area contributed by atoms with Crippen LogP contribution in [0.5, 0.6) is 5.75 Å². The molecule has 106 valence electrons. The molecule has 0 aromatic heterocycles. The van der Waals surface area contributed by atoms with Crippen LogP contribution in [0.25, 0.3) is 0 Å². The minimum absolute atomic E-state index is 0.00815. The maximum absolute atomic E-state index is 13.5. The van der Waals surface area contributed by atoms with Crippen molar-refractivity contribution in [1.82, 2.24) is 5.32 Å². The zero-order chi connectivity index (χ0) is 14.5. The van der Waals surface area contributed by atoms with Crippen LogP contribution in [0.4, 0.5) is 4.39 Å². The molecule has 1 atom stereocenters. The molecular formula is C16H17BrFNO. The summed E-state index contributed by atoms with van der Waals surface area (Å²) < 4.78 is 14.3. The fourth-order valence-corrected chi connectivity index (χ4v) is 2.73. The monoisotopic (exact) mass is 337 g/mol. The van der Waals surface area contributed by atoms with Gasteiger partial charge in [-0.3, -0.25) is 0 Å². The summed E-state index contributed by atoms with van der Waals surface area (Å²) in [6, 6.07) is 12.1. The van der Waals surface area contributed by atoms with E-state index in [9.17, 15) is 9.50 Å². The molecule has 0 aliphatic rings. The first-order valence-corrected chi connectivity index (χ1v) is 7.35. The summed E-state index contributed by atoms with van der Waals surface area (Å²) >= 11 is 3.32. The predicted molar refractivity (Wildman–Crippen MR) is 82.3 cm³/mol. The smallest absolute Gasteiger partial charge is 0.124 e. The molecule has 0 bridgehead atoms. The van der Waals surface area contributed by atoms with E-state index < -0.39 is 0 Å². The van der Waals surface area contributed by atoms with Gasteiger partial charge in [0.2, 0.25) is 0 Å². The number of phenols is 1. The molecular weight excluding hydrogens is 321 g/mol. The summed E-state index contributed by atoms with van der Waals surface area (Å²) in [7, 11) is 0. The third kappa shape index (κ3) is 4.05. The average Bonchev–Trinajstić information content (AvgIpc) is 2.37. The van der Waals surface area contributed by atoms with Crippen LogP contribution in [-0.4, -0.2) is 11.7 Å². The molecule has 2 nitrogen and oxygen atoms in total. The fraction of sp³-hybridized carbons (Fsp3) is 0.250. The van der Waals surface area contributed by atoms with Crippen molar-refractivity contribution in [3.63, 3.8) is 0 Å². The Kier molecular flexibility index (Phi) is 5.15.